The van der Waals surface area contributed by atoms with Crippen molar-refractivity contribution >= 4 is 10.0 Å². The summed E-state index contributed by atoms with van der Waals surface area (Å²) in [6, 6.07) is 0. The number of aliphatic hydroxyl groups is 1. The summed E-state index contributed by atoms with van der Waals surface area (Å²) >= 11 is 0. The van der Waals surface area contributed by atoms with E-state index in [2.05, 4.69) is 21.8 Å². The Bertz CT molecular complexity index is 559. The number of rotatable bonds is 5. The van der Waals surface area contributed by atoms with E-state index in [4.69, 9.17) is 0 Å². The number of hydrogen-bond acceptors (Lipinski definition) is 4. The zero-order valence-corrected chi connectivity index (χ0v) is 12.9. The molecule has 0 spiro atoms. The fourth-order valence-electron chi connectivity index (χ4n) is 2.86. The second-order valence-electron chi connectivity index (χ2n) is 5.98. The summed E-state index contributed by atoms with van der Waals surface area (Å²) < 4.78 is 27.5. The Morgan fingerprint density at radius 2 is 2.00 bits per heavy atom. The lowest BCUT2D eigenvalue weighted by Crippen LogP contribution is -2.37. The van der Waals surface area contributed by atoms with Gasteiger partial charge in [-0.15, -0.1) is 0 Å². The number of aromatic amines is 1. The molecule has 1 aliphatic rings. The SMILES string of the molecule is Cc1[nH]nc(CO)c1S(=O)(=O)NCC1(C)CCCCC1. The van der Waals surface area contributed by atoms with E-state index in [1.165, 1.54) is 6.42 Å². The van der Waals surface area contributed by atoms with Crippen molar-refractivity contribution in [3.63, 3.8) is 0 Å². The van der Waals surface area contributed by atoms with Crippen LogP contribution in [0.15, 0.2) is 4.90 Å². The highest BCUT2D eigenvalue weighted by Crippen LogP contribution is 2.35. The van der Waals surface area contributed by atoms with E-state index >= 15 is 0 Å². The fourth-order valence-corrected chi connectivity index (χ4v) is 4.41. The molecule has 0 aromatic carbocycles. The maximum absolute atomic E-state index is 12.4. The van der Waals surface area contributed by atoms with Crippen LogP contribution in [0.1, 0.15) is 50.4 Å². The van der Waals surface area contributed by atoms with Crippen LogP contribution in [0.4, 0.5) is 0 Å². The Kier molecular flexibility index (Phi) is 4.51. The van der Waals surface area contributed by atoms with Crippen LogP contribution in [-0.2, 0) is 16.6 Å². The fraction of sp³-hybridized carbons (Fsp3) is 0.769. The average molecular weight is 301 g/mol. The lowest BCUT2D eigenvalue weighted by atomic mass is 9.76. The lowest BCUT2D eigenvalue weighted by molar-refractivity contribution is 0.219. The molecule has 20 heavy (non-hydrogen) atoms. The second-order valence-corrected chi connectivity index (χ2v) is 7.68. The lowest BCUT2D eigenvalue weighted by Gasteiger charge is -2.33. The molecule has 0 unspecified atom stereocenters. The predicted octanol–water partition coefficient (Wildman–Crippen LogP) is 1.46. The molecule has 1 aromatic heterocycles. The highest BCUT2D eigenvalue weighted by molar-refractivity contribution is 7.89. The third kappa shape index (κ3) is 3.21. The molecule has 0 bridgehead atoms. The number of nitrogens with zero attached hydrogens (tertiary/aromatic N) is 1. The molecule has 7 heteroatoms. The quantitative estimate of drug-likeness (QED) is 0.767. The van der Waals surface area contributed by atoms with E-state index in [1.54, 1.807) is 6.92 Å². The summed E-state index contributed by atoms with van der Waals surface area (Å²) in [6.07, 6.45) is 5.65. The minimum Gasteiger partial charge on any atom is -0.390 e. The van der Waals surface area contributed by atoms with Crippen molar-refractivity contribution < 1.29 is 13.5 Å². The predicted molar refractivity (Wildman–Crippen MR) is 75.6 cm³/mol. The van der Waals surface area contributed by atoms with Gasteiger partial charge in [-0.25, -0.2) is 13.1 Å². The minimum absolute atomic E-state index is 0.0301. The maximum Gasteiger partial charge on any atom is 0.244 e. The molecule has 1 aliphatic carbocycles. The number of aliphatic hydroxyl groups excluding tert-OH is 1. The van der Waals surface area contributed by atoms with Gasteiger partial charge >= 0.3 is 0 Å². The van der Waals surface area contributed by atoms with Crippen LogP contribution >= 0.6 is 0 Å². The largest absolute Gasteiger partial charge is 0.390 e. The highest BCUT2D eigenvalue weighted by atomic mass is 32.2. The van der Waals surface area contributed by atoms with Crippen LogP contribution in [0.2, 0.25) is 0 Å². The molecular weight excluding hydrogens is 278 g/mol. The molecule has 0 atom stereocenters. The minimum atomic E-state index is -3.63. The molecule has 0 amide bonds. The molecule has 1 aromatic rings. The van der Waals surface area contributed by atoms with Gasteiger partial charge in [-0.05, 0) is 25.2 Å². The summed E-state index contributed by atoms with van der Waals surface area (Å²) in [5.41, 5.74) is 0.654. The van der Waals surface area contributed by atoms with Gasteiger partial charge in [-0.1, -0.05) is 26.2 Å². The van der Waals surface area contributed by atoms with Gasteiger partial charge in [0.1, 0.15) is 10.6 Å². The van der Waals surface area contributed by atoms with Crippen LogP contribution in [0.25, 0.3) is 0 Å². The number of aryl methyl sites for hydroxylation is 1. The normalized spacial score (nSPS) is 19.1. The summed E-state index contributed by atoms with van der Waals surface area (Å²) in [5, 5.41) is 15.6. The molecule has 2 rings (SSSR count). The van der Waals surface area contributed by atoms with Crippen LogP contribution < -0.4 is 4.72 Å². The number of H-pyrrole nitrogens is 1. The van der Waals surface area contributed by atoms with E-state index in [0.717, 1.165) is 25.7 Å². The first-order valence-corrected chi connectivity index (χ1v) is 8.51. The topological polar surface area (TPSA) is 95.1 Å². The van der Waals surface area contributed by atoms with Gasteiger partial charge < -0.3 is 5.11 Å². The zero-order chi connectivity index (χ0) is 14.8. The van der Waals surface area contributed by atoms with E-state index in [9.17, 15) is 13.5 Å². The van der Waals surface area contributed by atoms with E-state index < -0.39 is 16.6 Å². The molecule has 1 heterocycles. The average Bonchev–Trinajstić information content (AvgIpc) is 2.80. The number of aromatic nitrogens is 2. The standard InChI is InChI=1S/C13H23N3O3S/c1-10-12(11(8-17)16-15-10)20(18,19)14-9-13(2)6-4-3-5-7-13/h14,17H,3-9H2,1-2H3,(H,15,16). The van der Waals surface area contributed by atoms with Crippen molar-refractivity contribution in [2.45, 2.75) is 57.5 Å². The summed E-state index contributed by atoms with van der Waals surface area (Å²) in [6.45, 7) is 3.82. The van der Waals surface area contributed by atoms with E-state index in [0.29, 0.717) is 12.2 Å². The number of hydrogen-bond donors (Lipinski definition) is 3. The molecule has 0 radical (unpaired) electrons. The molecule has 6 nitrogen and oxygen atoms in total. The zero-order valence-electron chi connectivity index (χ0n) is 12.1. The summed E-state index contributed by atoms with van der Waals surface area (Å²) in [7, 11) is -3.63. The second kappa shape index (κ2) is 5.83. The maximum atomic E-state index is 12.4. The third-order valence-corrected chi connectivity index (χ3v) is 5.73. The van der Waals surface area contributed by atoms with Gasteiger partial charge in [0, 0.05) is 6.54 Å². The third-order valence-electron chi connectivity index (χ3n) is 4.13. The van der Waals surface area contributed by atoms with Gasteiger partial charge in [0.15, 0.2) is 0 Å². The van der Waals surface area contributed by atoms with Crippen molar-refractivity contribution in [1.82, 2.24) is 14.9 Å². The van der Waals surface area contributed by atoms with Crippen LogP contribution in [0, 0.1) is 12.3 Å². The Hall–Kier alpha value is -0.920. The van der Waals surface area contributed by atoms with Gasteiger partial charge in [0.2, 0.25) is 10.0 Å². The molecule has 3 N–H and O–H groups in total. The Morgan fingerprint density at radius 1 is 1.35 bits per heavy atom. The molecule has 114 valence electrons. The van der Waals surface area contributed by atoms with Crippen LogP contribution in [-0.4, -0.2) is 30.3 Å². The smallest absolute Gasteiger partial charge is 0.244 e. The molecule has 0 saturated heterocycles. The molecule has 1 saturated carbocycles. The van der Waals surface area contributed by atoms with Gasteiger partial charge in [-0.2, -0.15) is 5.10 Å². The first kappa shape index (κ1) is 15.5. The van der Waals surface area contributed by atoms with Crippen molar-refractivity contribution in [3.8, 4) is 0 Å². The van der Waals surface area contributed by atoms with Crippen LogP contribution in [0.3, 0.4) is 0 Å². The Morgan fingerprint density at radius 3 is 2.60 bits per heavy atom. The van der Waals surface area contributed by atoms with Crippen LogP contribution in [0.5, 0.6) is 0 Å². The Balaban J connectivity index is 2.13. The van der Waals surface area contributed by atoms with E-state index in [-0.39, 0.29) is 16.0 Å². The van der Waals surface area contributed by atoms with Crippen molar-refractivity contribution in [1.29, 1.82) is 0 Å². The van der Waals surface area contributed by atoms with Crippen molar-refractivity contribution in [3.05, 3.63) is 11.4 Å². The van der Waals surface area contributed by atoms with Crippen molar-refractivity contribution in [2.75, 3.05) is 6.54 Å². The molecule has 1 fully saturated rings. The van der Waals surface area contributed by atoms with Gasteiger partial charge in [-0.3, -0.25) is 5.10 Å². The molecular formula is C13H23N3O3S. The Labute approximate surface area is 120 Å². The highest BCUT2D eigenvalue weighted by Gasteiger charge is 2.30. The first-order valence-electron chi connectivity index (χ1n) is 7.02. The van der Waals surface area contributed by atoms with E-state index in [1.807, 2.05) is 0 Å². The first-order chi connectivity index (χ1) is 9.38. The summed E-state index contributed by atoms with van der Waals surface area (Å²) in [4.78, 5) is 0.0828. The van der Waals surface area contributed by atoms with Crippen molar-refractivity contribution in [2.24, 2.45) is 5.41 Å². The monoisotopic (exact) mass is 301 g/mol. The number of nitrogens with one attached hydrogen (secondary N) is 2. The van der Waals surface area contributed by atoms with Gasteiger partial charge in [0.25, 0.3) is 0 Å². The van der Waals surface area contributed by atoms with Gasteiger partial charge in [0.05, 0.1) is 12.3 Å². The number of sulfonamides is 1. The molecule has 0 aliphatic heterocycles. The summed E-state index contributed by atoms with van der Waals surface area (Å²) in [5.74, 6) is 0.